The van der Waals surface area contributed by atoms with E-state index in [1.807, 2.05) is 60.1 Å². The van der Waals surface area contributed by atoms with Crippen LogP contribution in [0.4, 0.5) is 5.69 Å². The molecule has 1 aromatic carbocycles. The van der Waals surface area contributed by atoms with Gasteiger partial charge < -0.3 is 14.9 Å². The lowest BCUT2D eigenvalue weighted by Crippen LogP contribution is -2.00. The van der Waals surface area contributed by atoms with Crippen molar-refractivity contribution in [3.05, 3.63) is 60.0 Å². The van der Waals surface area contributed by atoms with Crippen molar-refractivity contribution < 1.29 is 4.74 Å². The van der Waals surface area contributed by atoms with Crippen LogP contribution in [0.5, 0.6) is 5.75 Å². The van der Waals surface area contributed by atoms with Crippen molar-refractivity contribution in [2.24, 2.45) is 0 Å². The Labute approximate surface area is 111 Å². The SMILES string of the molecule is Cc1cccc(OCc2cnc3cc(N)ccn23)c1. The fraction of sp³-hybridized carbons (Fsp3) is 0.133. The number of pyridine rings is 1. The summed E-state index contributed by atoms with van der Waals surface area (Å²) in [5, 5.41) is 0. The first kappa shape index (κ1) is 11.6. The molecule has 96 valence electrons. The van der Waals surface area contributed by atoms with Gasteiger partial charge in [-0.25, -0.2) is 4.98 Å². The van der Waals surface area contributed by atoms with Gasteiger partial charge in [0.15, 0.2) is 0 Å². The van der Waals surface area contributed by atoms with Crippen LogP contribution in [0.25, 0.3) is 5.65 Å². The Kier molecular flexibility index (Phi) is 2.83. The van der Waals surface area contributed by atoms with Crippen LogP contribution in [-0.2, 0) is 6.61 Å². The van der Waals surface area contributed by atoms with E-state index in [-0.39, 0.29) is 0 Å². The lowest BCUT2D eigenvalue weighted by molar-refractivity contribution is 0.300. The summed E-state index contributed by atoms with van der Waals surface area (Å²) in [7, 11) is 0. The van der Waals surface area contributed by atoms with Gasteiger partial charge in [-0.3, -0.25) is 0 Å². The van der Waals surface area contributed by atoms with Crippen LogP contribution in [0.2, 0.25) is 0 Å². The third-order valence-electron chi connectivity index (χ3n) is 2.99. The standard InChI is InChI=1S/C15H15N3O/c1-11-3-2-4-14(7-11)19-10-13-9-17-15-8-12(16)5-6-18(13)15/h2-9H,10,16H2,1H3. The molecular weight excluding hydrogens is 238 g/mol. The largest absolute Gasteiger partial charge is 0.487 e. The molecule has 2 heterocycles. The minimum absolute atomic E-state index is 0.481. The highest BCUT2D eigenvalue weighted by Crippen LogP contribution is 2.16. The highest BCUT2D eigenvalue weighted by molar-refractivity contribution is 5.52. The number of hydrogen-bond acceptors (Lipinski definition) is 3. The smallest absolute Gasteiger partial charge is 0.139 e. The lowest BCUT2D eigenvalue weighted by atomic mass is 10.2. The summed E-state index contributed by atoms with van der Waals surface area (Å²) >= 11 is 0. The van der Waals surface area contributed by atoms with E-state index >= 15 is 0 Å². The van der Waals surface area contributed by atoms with E-state index in [0.717, 1.165) is 17.1 Å². The molecule has 0 aliphatic carbocycles. The second-order valence-electron chi connectivity index (χ2n) is 4.54. The summed E-state index contributed by atoms with van der Waals surface area (Å²) in [6, 6.07) is 11.7. The van der Waals surface area contributed by atoms with Crippen LogP contribution in [-0.4, -0.2) is 9.38 Å². The summed E-state index contributed by atoms with van der Waals surface area (Å²) in [5.41, 5.74) is 9.46. The van der Waals surface area contributed by atoms with Crippen LogP contribution >= 0.6 is 0 Å². The molecule has 3 rings (SSSR count). The van der Waals surface area contributed by atoms with Crippen LogP contribution in [0, 0.1) is 6.92 Å². The highest BCUT2D eigenvalue weighted by atomic mass is 16.5. The van der Waals surface area contributed by atoms with Gasteiger partial charge in [-0.2, -0.15) is 0 Å². The Morgan fingerprint density at radius 3 is 3.00 bits per heavy atom. The van der Waals surface area contributed by atoms with Gasteiger partial charge in [-0.15, -0.1) is 0 Å². The van der Waals surface area contributed by atoms with Crippen molar-refractivity contribution in [3.63, 3.8) is 0 Å². The zero-order valence-corrected chi connectivity index (χ0v) is 10.7. The predicted molar refractivity (Wildman–Crippen MR) is 75.1 cm³/mol. The van der Waals surface area contributed by atoms with Crippen molar-refractivity contribution in [1.82, 2.24) is 9.38 Å². The number of ether oxygens (including phenoxy) is 1. The number of anilines is 1. The maximum absolute atomic E-state index is 5.78. The molecule has 4 heteroatoms. The molecule has 4 nitrogen and oxygen atoms in total. The number of hydrogen-bond donors (Lipinski definition) is 1. The Balaban J connectivity index is 1.82. The van der Waals surface area contributed by atoms with Crippen molar-refractivity contribution in [3.8, 4) is 5.75 Å². The van der Waals surface area contributed by atoms with Gasteiger partial charge in [0.2, 0.25) is 0 Å². The molecule has 0 aliphatic heterocycles. The van der Waals surface area contributed by atoms with Crippen LogP contribution < -0.4 is 10.5 Å². The van der Waals surface area contributed by atoms with Gasteiger partial charge in [-0.1, -0.05) is 12.1 Å². The summed E-state index contributed by atoms with van der Waals surface area (Å²) in [5.74, 6) is 0.866. The first-order valence-electron chi connectivity index (χ1n) is 6.13. The molecule has 2 N–H and O–H groups in total. The number of nitrogens with zero attached hydrogens (tertiary/aromatic N) is 2. The third-order valence-corrected chi connectivity index (χ3v) is 2.99. The molecule has 3 aromatic rings. The molecule has 0 saturated carbocycles. The number of benzene rings is 1. The molecule has 0 atom stereocenters. The molecule has 0 amide bonds. The van der Waals surface area contributed by atoms with Crippen LogP contribution in [0.15, 0.2) is 48.8 Å². The predicted octanol–water partition coefficient (Wildman–Crippen LogP) is 2.80. The monoisotopic (exact) mass is 253 g/mol. The molecule has 0 spiro atoms. The third kappa shape index (κ3) is 2.38. The van der Waals surface area contributed by atoms with E-state index in [4.69, 9.17) is 10.5 Å². The maximum atomic E-state index is 5.78. The molecule has 0 aliphatic rings. The summed E-state index contributed by atoms with van der Waals surface area (Å²) in [6.07, 6.45) is 3.72. The van der Waals surface area contributed by atoms with Gasteiger partial charge in [0.25, 0.3) is 0 Å². The van der Waals surface area contributed by atoms with Gasteiger partial charge in [-0.05, 0) is 30.7 Å². The van der Waals surface area contributed by atoms with Gasteiger partial charge >= 0.3 is 0 Å². The van der Waals surface area contributed by atoms with E-state index in [0.29, 0.717) is 12.3 Å². The average Bonchev–Trinajstić information content (AvgIpc) is 2.78. The minimum Gasteiger partial charge on any atom is -0.487 e. The fourth-order valence-electron chi connectivity index (χ4n) is 2.02. The summed E-state index contributed by atoms with van der Waals surface area (Å²) in [4.78, 5) is 4.31. The zero-order chi connectivity index (χ0) is 13.2. The van der Waals surface area contributed by atoms with Crippen molar-refractivity contribution in [2.45, 2.75) is 13.5 Å². The maximum Gasteiger partial charge on any atom is 0.139 e. The molecule has 0 fully saturated rings. The number of nitrogens with two attached hydrogens (primary N) is 1. The first-order chi connectivity index (χ1) is 9.22. The molecule has 0 bridgehead atoms. The topological polar surface area (TPSA) is 52.5 Å². The van der Waals surface area contributed by atoms with Gasteiger partial charge in [0.05, 0.1) is 11.9 Å². The van der Waals surface area contributed by atoms with E-state index in [9.17, 15) is 0 Å². The molecule has 0 unspecified atom stereocenters. The van der Waals surface area contributed by atoms with Crippen LogP contribution in [0.3, 0.4) is 0 Å². The Hall–Kier alpha value is -2.49. The minimum atomic E-state index is 0.481. The van der Waals surface area contributed by atoms with Gasteiger partial charge in [0.1, 0.15) is 18.0 Å². The van der Waals surface area contributed by atoms with Crippen molar-refractivity contribution in [1.29, 1.82) is 0 Å². The molecule has 0 radical (unpaired) electrons. The second-order valence-corrected chi connectivity index (χ2v) is 4.54. The van der Waals surface area contributed by atoms with E-state index < -0.39 is 0 Å². The van der Waals surface area contributed by atoms with Gasteiger partial charge in [0, 0.05) is 18.0 Å². The molecule has 19 heavy (non-hydrogen) atoms. The zero-order valence-electron chi connectivity index (χ0n) is 10.7. The first-order valence-corrected chi connectivity index (χ1v) is 6.13. The van der Waals surface area contributed by atoms with E-state index in [1.54, 1.807) is 0 Å². The molecule has 0 saturated heterocycles. The average molecular weight is 253 g/mol. The van der Waals surface area contributed by atoms with Crippen molar-refractivity contribution in [2.75, 3.05) is 5.73 Å². The summed E-state index contributed by atoms with van der Waals surface area (Å²) < 4.78 is 7.76. The lowest BCUT2D eigenvalue weighted by Gasteiger charge is -2.06. The quantitative estimate of drug-likeness (QED) is 0.781. The van der Waals surface area contributed by atoms with E-state index in [1.165, 1.54) is 5.56 Å². The second kappa shape index (κ2) is 4.65. The number of rotatable bonds is 3. The number of imidazole rings is 1. The number of aryl methyl sites for hydroxylation is 1. The summed E-state index contributed by atoms with van der Waals surface area (Å²) in [6.45, 7) is 2.53. The number of aromatic nitrogens is 2. The Morgan fingerprint density at radius 1 is 1.26 bits per heavy atom. The fourth-order valence-corrected chi connectivity index (χ4v) is 2.02. The highest BCUT2D eigenvalue weighted by Gasteiger charge is 2.04. The number of nitrogen functional groups attached to an aromatic ring is 1. The molecular formula is C15H15N3O. The van der Waals surface area contributed by atoms with E-state index in [2.05, 4.69) is 4.98 Å². The van der Waals surface area contributed by atoms with Crippen molar-refractivity contribution >= 4 is 11.3 Å². The number of fused-ring (bicyclic) bond motifs is 1. The Morgan fingerprint density at radius 2 is 2.16 bits per heavy atom. The Bertz CT molecular complexity index is 718. The van der Waals surface area contributed by atoms with Crippen LogP contribution in [0.1, 0.15) is 11.3 Å². The normalized spacial score (nSPS) is 10.8. The molecule has 2 aromatic heterocycles.